The van der Waals surface area contributed by atoms with Gasteiger partial charge in [0.15, 0.2) is 5.65 Å². The molecule has 0 saturated carbocycles. The average molecular weight is 366 g/mol. The number of hydrogen-bond donors (Lipinski definition) is 0. The van der Waals surface area contributed by atoms with Crippen LogP contribution in [0.4, 0.5) is 4.39 Å². The van der Waals surface area contributed by atoms with Crippen molar-refractivity contribution < 1.29 is 9.18 Å². The predicted molar refractivity (Wildman–Crippen MR) is 102 cm³/mol. The van der Waals surface area contributed by atoms with Crippen LogP contribution in [-0.2, 0) is 17.8 Å². The van der Waals surface area contributed by atoms with E-state index in [0.717, 1.165) is 36.4 Å². The van der Waals surface area contributed by atoms with Gasteiger partial charge < -0.3 is 9.47 Å². The zero-order chi connectivity index (χ0) is 18.8. The third-order valence-corrected chi connectivity index (χ3v) is 5.13. The van der Waals surface area contributed by atoms with E-state index in [4.69, 9.17) is 4.98 Å². The summed E-state index contributed by atoms with van der Waals surface area (Å²) in [6.45, 7) is 4.38. The summed E-state index contributed by atoms with van der Waals surface area (Å²) in [7, 11) is 0. The standard InChI is InChI=1S/C21H23FN4O/c1-2-10-26-20(24-18-7-4-9-23-21(18)26)16-8-11-25(14-16)19(27)13-15-5-3-6-17(22)12-15/h3-7,9,12,16H,2,8,10-11,13-14H2,1H3/t16-/m0/s1. The number of rotatable bonds is 5. The topological polar surface area (TPSA) is 51.0 Å². The lowest BCUT2D eigenvalue weighted by Gasteiger charge is -2.17. The van der Waals surface area contributed by atoms with Crippen molar-refractivity contribution in [3.05, 3.63) is 59.8 Å². The lowest BCUT2D eigenvalue weighted by molar-refractivity contribution is -0.129. The first-order chi connectivity index (χ1) is 13.2. The minimum atomic E-state index is -0.305. The Bertz CT molecular complexity index is 968. The number of aryl methyl sites for hydroxylation is 1. The van der Waals surface area contributed by atoms with E-state index in [1.54, 1.807) is 18.3 Å². The summed E-state index contributed by atoms with van der Waals surface area (Å²) >= 11 is 0. The molecule has 0 N–H and O–H groups in total. The third-order valence-electron chi connectivity index (χ3n) is 5.13. The Hall–Kier alpha value is -2.76. The van der Waals surface area contributed by atoms with Gasteiger partial charge in [-0.25, -0.2) is 14.4 Å². The van der Waals surface area contributed by atoms with Crippen LogP contribution < -0.4 is 0 Å². The van der Waals surface area contributed by atoms with E-state index >= 15 is 0 Å². The lowest BCUT2D eigenvalue weighted by Crippen LogP contribution is -2.30. The molecule has 3 aromatic rings. The number of pyridine rings is 1. The molecule has 0 bridgehead atoms. The molecule has 140 valence electrons. The number of carbonyl (C=O) groups is 1. The molecule has 0 aliphatic carbocycles. The first-order valence-electron chi connectivity index (χ1n) is 9.49. The molecule has 0 unspecified atom stereocenters. The number of imidazole rings is 1. The van der Waals surface area contributed by atoms with Crippen LogP contribution in [0.2, 0.25) is 0 Å². The molecule has 1 saturated heterocycles. The molecule has 5 nitrogen and oxygen atoms in total. The highest BCUT2D eigenvalue weighted by atomic mass is 19.1. The monoisotopic (exact) mass is 366 g/mol. The summed E-state index contributed by atoms with van der Waals surface area (Å²) < 4.78 is 15.5. The molecule has 3 heterocycles. The second-order valence-corrected chi connectivity index (χ2v) is 7.10. The first-order valence-corrected chi connectivity index (χ1v) is 9.49. The van der Waals surface area contributed by atoms with E-state index < -0.39 is 0 Å². The van der Waals surface area contributed by atoms with Gasteiger partial charge in [0.1, 0.15) is 17.2 Å². The molecule has 2 aromatic heterocycles. The highest BCUT2D eigenvalue weighted by Gasteiger charge is 2.31. The summed E-state index contributed by atoms with van der Waals surface area (Å²) in [4.78, 5) is 23.8. The number of likely N-dealkylation sites (tertiary alicyclic amines) is 1. The van der Waals surface area contributed by atoms with Gasteiger partial charge in [0.25, 0.3) is 0 Å². The Morgan fingerprint density at radius 3 is 3.00 bits per heavy atom. The smallest absolute Gasteiger partial charge is 0.227 e. The Kier molecular flexibility index (Phi) is 4.88. The van der Waals surface area contributed by atoms with Crippen LogP contribution >= 0.6 is 0 Å². The van der Waals surface area contributed by atoms with Crippen LogP contribution in [0.1, 0.15) is 37.1 Å². The van der Waals surface area contributed by atoms with Gasteiger partial charge in [-0.05, 0) is 42.7 Å². The van der Waals surface area contributed by atoms with Crippen molar-refractivity contribution in [2.24, 2.45) is 0 Å². The van der Waals surface area contributed by atoms with E-state index in [1.165, 1.54) is 12.1 Å². The number of nitrogens with zero attached hydrogens (tertiary/aromatic N) is 4. The Balaban J connectivity index is 1.52. The Labute approximate surface area is 157 Å². The zero-order valence-corrected chi connectivity index (χ0v) is 15.4. The highest BCUT2D eigenvalue weighted by molar-refractivity contribution is 5.79. The van der Waals surface area contributed by atoms with E-state index in [9.17, 15) is 9.18 Å². The molecular formula is C21H23FN4O. The fraction of sp³-hybridized carbons (Fsp3) is 0.381. The van der Waals surface area contributed by atoms with Gasteiger partial charge in [0.05, 0.1) is 6.42 Å². The molecule has 27 heavy (non-hydrogen) atoms. The average Bonchev–Trinajstić information content (AvgIpc) is 3.27. The maximum absolute atomic E-state index is 13.4. The van der Waals surface area contributed by atoms with Gasteiger partial charge in [0, 0.05) is 31.7 Å². The number of carbonyl (C=O) groups excluding carboxylic acids is 1. The van der Waals surface area contributed by atoms with E-state index in [0.29, 0.717) is 18.7 Å². The highest BCUT2D eigenvalue weighted by Crippen LogP contribution is 2.29. The van der Waals surface area contributed by atoms with Crippen LogP contribution in [0.25, 0.3) is 11.2 Å². The first kappa shape index (κ1) is 17.6. The summed E-state index contributed by atoms with van der Waals surface area (Å²) in [6, 6.07) is 10.1. The van der Waals surface area contributed by atoms with E-state index in [-0.39, 0.29) is 24.1 Å². The number of benzene rings is 1. The van der Waals surface area contributed by atoms with Gasteiger partial charge in [-0.15, -0.1) is 0 Å². The van der Waals surface area contributed by atoms with Gasteiger partial charge in [-0.3, -0.25) is 4.79 Å². The van der Waals surface area contributed by atoms with Crippen molar-refractivity contribution >= 4 is 17.1 Å². The van der Waals surface area contributed by atoms with Crippen molar-refractivity contribution in [1.29, 1.82) is 0 Å². The van der Waals surface area contributed by atoms with Crippen molar-refractivity contribution in [3.63, 3.8) is 0 Å². The molecule has 1 aromatic carbocycles. The Morgan fingerprint density at radius 2 is 2.19 bits per heavy atom. The summed E-state index contributed by atoms with van der Waals surface area (Å²) in [6.07, 6.45) is 3.92. The molecule has 1 atom stereocenters. The SMILES string of the molecule is CCCn1c([C@H]2CCN(C(=O)Cc3cccc(F)c3)C2)nc2cccnc21. The fourth-order valence-corrected chi connectivity index (χ4v) is 3.86. The van der Waals surface area contributed by atoms with Crippen molar-refractivity contribution in [3.8, 4) is 0 Å². The third kappa shape index (κ3) is 3.56. The number of aromatic nitrogens is 3. The maximum atomic E-state index is 13.4. The number of hydrogen-bond acceptors (Lipinski definition) is 3. The zero-order valence-electron chi connectivity index (χ0n) is 15.4. The quantitative estimate of drug-likeness (QED) is 0.694. The van der Waals surface area contributed by atoms with E-state index in [1.807, 2.05) is 17.0 Å². The lowest BCUT2D eigenvalue weighted by atomic mass is 10.1. The molecule has 1 aliphatic heterocycles. The molecule has 4 rings (SSSR count). The van der Waals surface area contributed by atoms with Crippen LogP contribution in [-0.4, -0.2) is 38.4 Å². The molecule has 1 fully saturated rings. The van der Waals surface area contributed by atoms with Crippen LogP contribution in [0.15, 0.2) is 42.6 Å². The van der Waals surface area contributed by atoms with Gasteiger partial charge >= 0.3 is 0 Å². The number of halogens is 1. The second kappa shape index (κ2) is 7.47. The van der Waals surface area contributed by atoms with Crippen LogP contribution in [0, 0.1) is 5.82 Å². The minimum Gasteiger partial charge on any atom is -0.342 e. The summed E-state index contributed by atoms with van der Waals surface area (Å²) in [5.74, 6) is 0.966. The molecule has 1 amide bonds. The van der Waals surface area contributed by atoms with Gasteiger partial charge in [-0.2, -0.15) is 0 Å². The predicted octanol–water partition coefficient (Wildman–Crippen LogP) is 3.54. The summed E-state index contributed by atoms with van der Waals surface area (Å²) in [5.41, 5.74) is 2.54. The van der Waals surface area contributed by atoms with Crippen LogP contribution in [0.3, 0.4) is 0 Å². The Morgan fingerprint density at radius 1 is 1.30 bits per heavy atom. The van der Waals surface area contributed by atoms with Gasteiger partial charge in [0.2, 0.25) is 5.91 Å². The number of amides is 1. The fourth-order valence-electron chi connectivity index (χ4n) is 3.86. The minimum absolute atomic E-state index is 0.0411. The normalized spacial score (nSPS) is 17.0. The summed E-state index contributed by atoms with van der Waals surface area (Å²) in [5, 5.41) is 0. The van der Waals surface area contributed by atoms with Gasteiger partial charge in [-0.1, -0.05) is 19.1 Å². The molecule has 6 heteroatoms. The van der Waals surface area contributed by atoms with Crippen molar-refractivity contribution in [1.82, 2.24) is 19.4 Å². The van der Waals surface area contributed by atoms with Crippen LogP contribution in [0.5, 0.6) is 0 Å². The molecule has 1 aliphatic rings. The molecular weight excluding hydrogens is 343 g/mol. The van der Waals surface area contributed by atoms with Crippen molar-refractivity contribution in [2.75, 3.05) is 13.1 Å². The van der Waals surface area contributed by atoms with Crippen molar-refractivity contribution in [2.45, 2.75) is 38.6 Å². The molecule has 0 radical (unpaired) electrons. The maximum Gasteiger partial charge on any atom is 0.227 e. The largest absolute Gasteiger partial charge is 0.342 e. The number of fused-ring (bicyclic) bond motifs is 1. The van der Waals surface area contributed by atoms with E-state index in [2.05, 4.69) is 16.5 Å². The second-order valence-electron chi connectivity index (χ2n) is 7.10. The molecule has 0 spiro atoms.